The van der Waals surface area contributed by atoms with Crippen LogP contribution in [0.2, 0.25) is 0 Å². The van der Waals surface area contributed by atoms with Gasteiger partial charge >= 0.3 is 5.97 Å². The standard InChI is InChI=1S/C38H34N4O4S2/c1-46-38(43)33-25-39-37(40(26-28-14-5-2-6-15-28)27-29-16-7-3-8-17-29)36-32(33)24-35(42(36)48(44,45)30-18-9-4-10-19-30)31-20-11-12-21-34(31)41-22-13-23-47-41/h2-12,14-21,24-25H,13,22-23,26-27H2,1H3. The number of aromatic nitrogens is 2. The molecule has 7 rings (SSSR count). The first-order chi connectivity index (χ1) is 23.5. The van der Waals surface area contributed by atoms with E-state index < -0.39 is 16.0 Å². The number of rotatable bonds is 10. The number of ether oxygens (including phenoxy) is 1. The van der Waals surface area contributed by atoms with Crippen LogP contribution in [0.15, 0.2) is 132 Å². The van der Waals surface area contributed by atoms with Gasteiger partial charge in [-0.2, -0.15) is 0 Å². The van der Waals surface area contributed by atoms with Crippen LogP contribution < -0.4 is 9.21 Å². The Labute approximate surface area is 284 Å². The highest BCUT2D eigenvalue weighted by Gasteiger charge is 2.32. The Kier molecular flexibility index (Phi) is 8.92. The van der Waals surface area contributed by atoms with Crippen LogP contribution >= 0.6 is 11.9 Å². The fourth-order valence-electron chi connectivity index (χ4n) is 6.16. The lowest BCUT2D eigenvalue weighted by atomic mass is 10.1. The Balaban J connectivity index is 1.57. The number of hydrogen-bond acceptors (Lipinski definition) is 8. The molecule has 3 heterocycles. The van der Waals surface area contributed by atoms with E-state index in [1.165, 1.54) is 17.3 Å². The Morgan fingerprint density at radius 2 is 1.46 bits per heavy atom. The average molecular weight is 675 g/mol. The predicted molar refractivity (Wildman–Crippen MR) is 193 cm³/mol. The van der Waals surface area contributed by atoms with E-state index in [1.54, 1.807) is 48.3 Å². The molecule has 0 bridgehead atoms. The maximum Gasteiger partial charge on any atom is 0.340 e. The van der Waals surface area contributed by atoms with E-state index in [0.29, 0.717) is 35.5 Å². The number of carbonyl (C=O) groups is 1. The molecule has 0 aliphatic carbocycles. The Morgan fingerprint density at radius 3 is 2.06 bits per heavy atom. The fourth-order valence-corrected chi connectivity index (χ4v) is 8.74. The highest BCUT2D eigenvalue weighted by molar-refractivity contribution is 8.00. The minimum atomic E-state index is -4.22. The second-order valence-electron chi connectivity index (χ2n) is 11.5. The van der Waals surface area contributed by atoms with Crippen LogP contribution in [0.25, 0.3) is 22.2 Å². The average Bonchev–Trinajstić information content (AvgIpc) is 3.82. The van der Waals surface area contributed by atoms with Crippen molar-refractivity contribution in [3.05, 3.63) is 144 Å². The van der Waals surface area contributed by atoms with E-state index in [0.717, 1.165) is 41.1 Å². The van der Waals surface area contributed by atoms with Crippen molar-refractivity contribution in [1.82, 2.24) is 8.96 Å². The maximum atomic E-state index is 15.0. The van der Waals surface area contributed by atoms with Crippen molar-refractivity contribution in [2.45, 2.75) is 24.4 Å². The molecular formula is C38H34N4O4S2. The van der Waals surface area contributed by atoms with Crippen molar-refractivity contribution < 1.29 is 17.9 Å². The first-order valence-corrected chi connectivity index (χ1v) is 18.1. The molecule has 1 aliphatic rings. The van der Waals surface area contributed by atoms with Crippen LogP contribution in [0.3, 0.4) is 0 Å². The summed E-state index contributed by atoms with van der Waals surface area (Å²) in [4.78, 5) is 20.4. The number of carbonyl (C=O) groups excluding carboxylic acids is 1. The third kappa shape index (κ3) is 6.05. The molecule has 1 fully saturated rings. The van der Waals surface area contributed by atoms with Gasteiger partial charge in [0.25, 0.3) is 10.0 Å². The normalized spacial score (nSPS) is 13.1. The first kappa shape index (κ1) is 31.5. The van der Waals surface area contributed by atoms with Crippen molar-refractivity contribution in [1.29, 1.82) is 0 Å². The number of methoxy groups -OCH3 is 1. The van der Waals surface area contributed by atoms with Gasteiger partial charge in [0.05, 0.1) is 29.0 Å². The molecule has 0 spiro atoms. The van der Waals surface area contributed by atoms with E-state index in [9.17, 15) is 13.2 Å². The number of esters is 1. The first-order valence-electron chi connectivity index (χ1n) is 15.7. The number of benzene rings is 4. The lowest BCUT2D eigenvalue weighted by Crippen LogP contribution is -2.25. The number of nitrogens with zero attached hydrogens (tertiary/aromatic N) is 4. The highest BCUT2D eigenvalue weighted by Crippen LogP contribution is 2.43. The minimum absolute atomic E-state index is 0.129. The zero-order valence-electron chi connectivity index (χ0n) is 26.4. The van der Waals surface area contributed by atoms with Gasteiger partial charge in [-0.3, -0.25) is 0 Å². The second kappa shape index (κ2) is 13.6. The molecular weight excluding hydrogens is 641 g/mol. The summed E-state index contributed by atoms with van der Waals surface area (Å²) in [6.45, 7) is 1.74. The highest BCUT2D eigenvalue weighted by atomic mass is 32.2. The maximum absolute atomic E-state index is 15.0. The van der Waals surface area contributed by atoms with E-state index in [2.05, 4.69) is 9.21 Å². The molecule has 2 aromatic heterocycles. The van der Waals surface area contributed by atoms with Gasteiger partial charge in [-0.15, -0.1) is 0 Å². The Hall–Kier alpha value is -5.06. The van der Waals surface area contributed by atoms with Gasteiger partial charge in [0.1, 0.15) is 5.52 Å². The van der Waals surface area contributed by atoms with Gasteiger partial charge in [0.2, 0.25) is 0 Å². The molecule has 0 unspecified atom stereocenters. The van der Waals surface area contributed by atoms with Crippen LogP contribution in [-0.2, 0) is 27.8 Å². The number of hydrogen-bond donors (Lipinski definition) is 0. The molecule has 8 nitrogen and oxygen atoms in total. The molecule has 0 amide bonds. The smallest absolute Gasteiger partial charge is 0.340 e. The summed E-state index contributed by atoms with van der Waals surface area (Å²) in [5.41, 5.74) is 4.64. The SMILES string of the molecule is COC(=O)c1cnc(N(Cc2ccccc2)Cc2ccccc2)c2c1cc(-c1ccccc1N1CCCS1)n2S(=O)(=O)c1ccccc1. The monoisotopic (exact) mass is 674 g/mol. The quantitative estimate of drug-likeness (QED) is 0.108. The number of anilines is 2. The fraction of sp³-hybridized carbons (Fsp3) is 0.158. The largest absolute Gasteiger partial charge is 0.465 e. The third-order valence-corrected chi connectivity index (χ3v) is 11.3. The van der Waals surface area contributed by atoms with Crippen LogP contribution in [0.1, 0.15) is 27.9 Å². The predicted octanol–water partition coefficient (Wildman–Crippen LogP) is 7.79. The molecule has 0 radical (unpaired) electrons. The van der Waals surface area contributed by atoms with Crippen LogP contribution in [0, 0.1) is 0 Å². The molecule has 4 aromatic carbocycles. The molecule has 6 aromatic rings. The number of fused-ring (bicyclic) bond motifs is 1. The molecule has 242 valence electrons. The minimum Gasteiger partial charge on any atom is -0.465 e. The van der Waals surface area contributed by atoms with E-state index in [-0.39, 0.29) is 10.5 Å². The van der Waals surface area contributed by atoms with Crippen LogP contribution in [0.4, 0.5) is 11.5 Å². The summed E-state index contributed by atoms with van der Waals surface area (Å²) < 4.78 is 38.7. The summed E-state index contributed by atoms with van der Waals surface area (Å²) in [6.07, 6.45) is 2.52. The summed E-state index contributed by atoms with van der Waals surface area (Å²) in [5.74, 6) is 0.818. The van der Waals surface area contributed by atoms with E-state index in [1.807, 2.05) is 84.9 Å². The van der Waals surface area contributed by atoms with Gasteiger partial charge in [0.15, 0.2) is 5.82 Å². The Morgan fingerprint density at radius 1 is 0.854 bits per heavy atom. The summed E-state index contributed by atoms with van der Waals surface area (Å²) in [7, 11) is -2.90. The molecule has 0 saturated carbocycles. The van der Waals surface area contributed by atoms with E-state index >= 15 is 0 Å². The van der Waals surface area contributed by atoms with Crippen molar-refractivity contribution in [3.63, 3.8) is 0 Å². The summed E-state index contributed by atoms with van der Waals surface area (Å²) >= 11 is 1.72. The van der Waals surface area contributed by atoms with Gasteiger partial charge in [-0.1, -0.05) is 97.1 Å². The van der Waals surface area contributed by atoms with Gasteiger partial charge in [0, 0.05) is 42.5 Å². The van der Waals surface area contributed by atoms with Crippen molar-refractivity contribution in [2.24, 2.45) is 0 Å². The van der Waals surface area contributed by atoms with Crippen molar-refractivity contribution in [2.75, 3.05) is 28.6 Å². The Bertz CT molecular complexity index is 2130. The molecule has 0 N–H and O–H groups in total. The zero-order chi connectivity index (χ0) is 33.1. The summed E-state index contributed by atoms with van der Waals surface area (Å²) in [5, 5.41) is 0.441. The lowest BCUT2D eigenvalue weighted by Gasteiger charge is -2.26. The van der Waals surface area contributed by atoms with Crippen LogP contribution in [-0.4, -0.2) is 42.8 Å². The lowest BCUT2D eigenvalue weighted by molar-refractivity contribution is 0.0602. The summed E-state index contributed by atoms with van der Waals surface area (Å²) in [6, 6.07) is 38.0. The van der Waals surface area contributed by atoms with Gasteiger partial charge in [-0.25, -0.2) is 22.2 Å². The molecule has 48 heavy (non-hydrogen) atoms. The topological polar surface area (TPSA) is 84.7 Å². The second-order valence-corrected chi connectivity index (χ2v) is 14.4. The molecule has 10 heteroatoms. The molecule has 1 aliphatic heterocycles. The number of pyridine rings is 1. The van der Waals surface area contributed by atoms with E-state index in [4.69, 9.17) is 9.72 Å². The van der Waals surface area contributed by atoms with Crippen molar-refractivity contribution in [3.8, 4) is 11.3 Å². The van der Waals surface area contributed by atoms with Crippen molar-refractivity contribution >= 4 is 50.3 Å². The van der Waals surface area contributed by atoms with Crippen LogP contribution in [0.5, 0.6) is 0 Å². The zero-order valence-corrected chi connectivity index (χ0v) is 28.0. The van der Waals surface area contributed by atoms with Gasteiger partial charge in [-0.05, 0) is 53.8 Å². The van der Waals surface area contributed by atoms with Gasteiger partial charge < -0.3 is 13.9 Å². The molecule has 1 saturated heterocycles. The third-order valence-electron chi connectivity index (χ3n) is 8.40. The number of para-hydroxylation sites is 1. The molecule has 0 atom stereocenters.